The van der Waals surface area contributed by atoms with Crippen LogP contribution < -0.4 is 0 Å². The van der Waals surface area contributed by atoms with Crippen molar-refractivity contribution in [3.05, 3.63) is 12.2 Å². The Morgan fingerprint density at radius 2 is 2.22 bits per heavy atom. The third-order valence-electron chi connectivity index (χ3n) is 0.898. The Hall–Kier alpha value is -0.860. The van der Waals surface area contributed by atoms with Crippen molar-refractivity contribution in [1.29, 1.82) is 0 Å². The van der Waals surface area contributed by atoms with Gasteiger partial charge in [-0.1, -0.05) is 6.08 Å². The van der Waals surface area contributed by atoms with Gasteiger partial charge in [0.2, 0.25) is 5.67 Å². The van der Waals surface area contributed by atoms with Crippen LogP contribution in [0.4, 0.5) is 4.39 Å². The van der Waals surface area contributed by atoms with Crippen molar-refractivity contribution in [2.24, 2.45) is 0 Å². The van der Waals surface area contributed by atoms with E-state index < -0.39 is 11.6 Å². The van der Waals surface area contributed by atoms with E-state index in [4.69, 9.17) is 5.11 Å². The van der Waals surface area contributed by atoms with E-state index in [1.54, 1.807) is 6.92 Å². The van der Waals surface area contributed by atoms with Crippen LogP contribution in [0.5, 0.6) is 0 Å². The monoisotopic (exact) mass is 132 g/mol. The molecule has 0 aliphatic rings. The van der Waals surface area contributed by atoms with Gasteiger partial charge in [0.25, 0.3) is 0 Å². The molecule has 0 rings (SSSR count). The van der Waals surface area contributed by atoms with Crippen LogP contribution in [0, 0.1) is 0 Å². The van der Waals surface area contributed by atoms with Gasteiger partial charge in [-0.15, -0.1) is 0 Å². The molecular weight excluding hydrogens is 123 g/mol. The molecule has 0 saturated carbocycles. The van der Waals surface area contributed by atoms with Gasteiger partial charge in [-0.2, -0.15) is 0 Å². The quantitative estimate of drug-likeness (QED) is 0.576. The Morgan fingerprint density at radius 1 is 1.78 bits per heavy atom. The lowest BCUT2D eigenvalue weighted by Gasteiger charge is -2.06. The lowest BCUT2D eigenvalue weighted by Crippen LogP contribution is -2.26. The van der Waals surface area contributed by atoms with Gasteiger partial charge in [0.1, 0.15) is 0 Å². The number of alkyl halides is 1. The lowest BCUT2D eigenvalue weighted by atomic mass is 10.1. The van der Waals surface area contributed by atoms with Gasteiger partial charge in [0.15, 0.2) is 0 Å². The summed E-state index contributed by atoms with van der Waals surface area (Å²) in [5, 5.41) is 8.15. The topological polar surface area (TPSA) is 37.3 Å². The van der Waals surface area contributed by atoms with Crippen molar-refractivity contribution in [2.75, 3.05) is 0 Å². The highest BCUT2D eigenvalue weighted by Crippen LogP contribution is 2.11. The van der Waals surface area contributed by atoms with E-state index in [1.807, 2.05) is 0 Å². The van der Waals surface area contributed by atoms with Gasteiger partial charge in [0, 0.05) is 0 Å². The minimum absolute atomic E-state index is 0.995. The van der Waals surface area contributed by atoms with E-state index >= 15 is 0 Å². The van der Waals surface area contributed by atoms with Crippen molar-refractivity contribution in [3.63, 3.8) is 0 Å². The highest BCUT2D eigenvalue weighted by molar-refractivity contribution is 5.79. The number of hydrogen-bond acceptors (Lipinski definition) is 1. The van der Waals surface area contributed by atoms with Gasteiger partial charge < -0.3 is 5.11 Å². The maximum absolute atomic E-state index is 12.5. The highest BCUT2D eigenvalue weighted by atomic mass is 19.1. The fourth-order valence-corrected chi connectivity index (χ4v) is 0.384. The molecule has 0 fully saturated rings. The predicted molar refractivity (Wildman–Crippen MR) is 32.0 cm³/mol. The molecule has 0 aromatic rings. The number of halogens is 1. The van der Waals surface area contributed by atoms with Gasteiger partial charge in [-0.05, 0) is 19.9 Å². The standard InChI is InChI=1S/C6H9FO2/c1-3-4-6(2,7)5(8)9/h3-4H,1-2H3,(H,8,9)/b4-3+. The summed E-state index contributed by atoms with van der Waals surface area (Å²) in [6, 6.07) is 0. The molecule has 0 aliphatic heterocycles. The van der Waals surface area contributed by atoms with Crippen LogP contribution in [-0.2, 0) is 4.79 Å². The Balaban J connectivity index is 4.19. The third kappa shape index (κ3) is 2.26. The molecule has 0 saturated heterocycles. The molecule has 1 atom stereocenters. The number of hydrogen-bond donors (Lipinski definition) is 1. The van der Waals surface area contributed by atoms with Gasteiger partial charge in [-0.3, -0.25) is 0 Å². The number of allylic oxidation sites excluding steroid dienone is 1. The summed E-state index contributed by atoms with van der Waals surface area (Å²) in [6.07, 6.45) is 2.36. The molecule has 0 aromatic heterocycles. The molecule has 2 nitrogen and oxygen atoms in total. The number of carboxylic acid groups (broad SMARTS) is 1. The Labute approximate surface area is 53.0 Å². The van der Waals surface area contributed by atoms with Crippen LogP contribution in [-0.4, -0.2) is 16.7 Å². The average Bonchev–Trinajstić information content (AvgIpc) is 1.65. The SMILES string of the molecule is C/C=C/C(C)(F)C(=O)O. The van der Waals surface area contributed by atoms with Crippen molar-refractivity contribution in [1.82, 2.24) is 0 Å². The number of carbonyl (C=O) groups is 1. The maximum Gasteiger partial charge on any atom is 0.345 e. The summed E-state index contributed by atoms with van der Waals surface area (Å²) >= 11 is 0. The van der Waals surface area contributed by atoms with E-state index in [2.05, 4.69) is 0 Å². The number of carboxylic acids is 1. The third-order valence-corrected chi connectivity index (χ3v) is 0.898. The van der Waals surface area contributed by atoms with Crippen LogP contribution in [0.3, 0.4) is 0 Å². The maximum atomic E-state index is 12.5. The summed E-state index contributed by atoms with van der Waals surface area (Å²) in [7, 11) is 0. The first-order chi connectivity index (χ1) is 4.00. The molecule has 9 heavy (non-hydrogen) atoms. The zero-order chi connectivity index (χ0) is 7.49. The van der Waals surface area contributed by atoms with Crippen molar-refractivity contribution in [3.8, 4) is 0 Å². The van der Waals surface area contributed by atoms with Gasteiger partial charge >= 0.3 is 5.97 Å². The second kappa shape index (κ2) is 2.62. The molecule has 1 N–H and O–H groups in total. The first-order valence-electron chi connectivity index (χ1n) is 2.57. The summed E-state index contributed by atoms with van der Waals surface area (Å²) in [4.78, 5) is 9.98. The Morgan fingerprint density at radius 3 is 2.33 bits per heavy atom. The molecule has 0 amide bonds. The molecular formula is C6H9FO2. The van der Waals surface area contributed by atoms with E-state index in [0.717, 1.165) is 13.0 Å². The number of aliphatic carboxylic acids is 1. The minimum atomic E-state index is -2.21. The molecule has 0 radical (unpaired) electrons. The largest absolute Gasteiger partial charge is 0.479 e. The van der Waals surface area contributed by atoms with Crippen LogP contribution in [0.25, 0.3) is 0 Å². The lowest BCUT2D eigenvalue weighted by molar-refractivity contribution is -0.146. The predicted octanol–water partition coefficient (Wildman–Crippen LogP) is 1.38. The van der Waals surface area contributed by atoms with E-state index in [0.29, 0.717) is 0 Å². The number of rotatable bonds is 2. The summed E-state index contributed by atoms with van der Waals surface area (Å²) in [5.74, 6) is -1.46. The zero-order valence-corrected chi connectivity index (χ0v) is 5.39. The molecule has 0 heterocycles. The molecule has 0 aliphatic carbocycles. The molecule has 52 valence electrons. The summed E-state index contributed by atoms with van der Waals surface area (Å²) in [6.45, 7) is 2.57. The molecule has 0 bridgehead atoms. The summed E-state index contributed by atoms with van der Waals surface area (Å²) < 4.78 is 12.5. The van der Waals surface area contributed by atoms with Crippen molar-refractivity contribution >= 4 is 5.97 Å². The van der Waals surface area contributed by atoms with Crippen LogP contribution in [0.2, 0.25) is 0 Å². The van der Waals surface area contributed by atoms with E-state index in [-0.39, 0.29) is 0 Å². The van der Waals surface area contributed by atoms with Crippen LogP contribution >= 0.6 is 0 Å². The normalized spacial score (nSPS) is 17.7. The highest BCUT2D eigenvalue weighted by Gasteiger charge is 2.28. The minimum Gasteiger partial charge on any atom is -0.479 e. The summed E-state index contributed by atoms with van der Waals surface area (Å²) in [5.41, 5.74) is -2.21. The van der Waals surface area contributed by atoms with Gasteiger partial charge in [-0.25, -0.2) is 9.18 Å². The Bertz CT molecular complexity index is 138. The van der Waals surface area contributed by atoms with Crippen molar-refractivity contribution < 1.29 is 14.3 Å². The zero-order valence-electron chi connectivity index (χ0n) is 5.39. The molecule has 0 spiro atoms. The van der Waals surface area contributed by atoms with Crippen molar-refractivity contribution in [2.45, 2.75) is 19.5 Å². The second-order valence-corrected chi connectivity index (χ2v) is 1.88. The second-order valence-electron chi connectivity index (χ2n) is 1.88. The van der Waals surface area contributed by atoms with Gasteiger partial charge in [0.05, 0.1) is 0 Å². The first kappa shape index (κ1) is 8.14. The van der Waals surface area contributed by atoms with E-state index in [9.17, 15) is 9.18 Å². The fourth-order valence-electron chi connectivity index (χ4n) is 0.384. The molecule has 3 heteroatoms. The smallest absolute Gasteiger partial charge is 0.345 e. The first-order valence-corrected chi connectivity index (χ1v) is 2.57. The fraction of sp³-hybridized carbons (Fsp3) is 0.500. The van der Waals surface area contributed by atoms with Crippen LogP contribution in [0.1, 0.15) is 13.8 Å². The average molecular weight is 132 g/mol. The van der Waals surface area contributed by atoms with E-state index in [1.165, 1.54) is 6.08 Å². The Kier molecular flexibility index (Phi) is 2.37. The van der Waals surface area contributed by atoms with Crippen LogP contribution in [0.15, 0.2) is 12.2 Å². The molecule has 0 aromatic carbocycles. The molecule has 1 unspecified atom stereocenters.